The standard InChI is InChI=1S/C19H23NO3/c1-4-18(23-17-8-6-7-14(3)13-17)19(21)20-15-9-11-16(12-10-15)22-5-2/h6-13,18H,4-5H2,1-3H3,(H,20,21)/t18-/m1/s1. The van der Waals surface area contributed by atoms with E-state index in [2.05, 4.69) is 5.32 Å². The average molecular weight is 313 g/mol. The van der Waals surface area contributed by atoms with Crippen molar-refractivity contribution in [1.29, 1.82) is 0 Å². The van der Waals surface area contributed by atoms with Gasteiger partial charge < -0.3 is 14.8 Å². The molecule has 0 bridgehead atoms. The molecule has 0 radical (unpaired) electrons. The van der Waals surface area contributed by atoms with Crippen molar-refractivity contribution in [2.24, 2.45) is 0 Å². The van der Waals surface area contributed by atoms with E-state index in [-0.39, 0.29) is 5.91 Å². The van der Waals surface area contributed by atoms with Gasteiger partial charge in [-0.2, -0.15) is 0 Å². The Bertz CT molecular complexity index is 637. The fourth-order valence-corrected chi connectivity index (χ4v) is 2.20. The van der Waals surface area contributed by atoms with Gasteiger partial charge in [-0.1, -0.05) is 19.1 Å². The number of ether oxygens (including phenoxy) is 2. The first-order chi connectivity index (χ1) is 11.1. The number of hydrogen-bond acceptors (Lipinski definition) is 3. The molecule has 1 N–H and O–H groups in total. The van der Waals surface area contributed by atoms with Crippen LogP contribution in [0.15, 0.2) is 48.5 Å². The summed E-state index contributed by atoms with van der Waals surface area (Å²) in [5, 5.41) is 2.88. The van der Waals surface area contributed by atoms with Crippen LogP contribution in [0.3, 0.4) is 0 Å². The summed E-state index contributed by atoms with van der Waals surface area (Å²) in [5.41, 5.74) is 1.83. The van der Waals surface area contributed by atoms with E-state index in [1.165, 1.54) is 0 Å². The van der Waals surface area contributed by atoms with Gasteiger partial charge in [-0.25, -0.2) is 0 Å². The van der Waals surface area contributed by atoms with Gasteiger partial charge in [0.1, 0.15) is 11.5 Å². The van der Waals surface area contributed by atoms with Crippen LogP contribution in [0.4, 0.5) is 5.69 Å². The van der Waals surface area contributed by atoms with Crippen LogP contribution in [0, 0.1) is 6.92 Å². The van der Waals surface area contributed by atoms with E-state index < -0.39 is 6.10 Å². The number of carbonyl (C=O) groups excluding carboxylic acids is 1. The Morgan fingerprint density at radius 2 is 1.83 bits per heavy atom. The van der Waals surface area contributed by atoms with Gasteiger partial charge >= 0.3 is 0 Å². The zero-order chi connectivity index (χ0) is 16.7. The van der Waals surface area contributed by atoms with Crippen LogP contribution in [-0.2, 0) is 4.79 Å². The molecule has 2 rings (SSSR count). The number of carbonyl (C=O) groups is 1. The smallest absolute Gasteiger partial charge is 0.265 e. The maximum Gasteiger partial charge on any atom is 0.265 e. The minimum Gasteiger partial charge on any atom is -0.494 e. The van der Waals surface area contributed by atoms with Crippen molar-refractivity contribution in [3.8, 4) is 11.5 Å². The lowest BCUT2D eigenvalue weighted by atomic mass is 10.2. The number of aryl methyl sites for hydroxylation is 1. The molecule has 0 aliphatic rings. The van der Waals surface area contributed by atoms with Gasteiger partial charge in [-0.3, -0.25) is 4.79 Å². The molecule has 0 saturated heterocycles. The van der Waals surface area contributed by atoms with E-state index in [4.69, 9.17) is 9.47 Å². The second-order valence-corrected chi connectivity index (χ2v) is 5.28. The lowest BCUT2D eigenvalue weighted by molar-refractivity contribution is -0.122. The number of nitrogens with one attached hydrogen (secondary N) is 1. The average Bonchev–Trinajstić information content (AvgIpc) is 2.54. The Morgan fingerprint density at radius 1 is 1.09 bits per heavy atom. The highest BCUT2D eigenvalue weighted by Crippen LogP contribution is 2.18. The predicted molar refractivity (Wildman–Crippen MR) is 92.1 cm³/mol. The topological polar surface area (TPSA) is 47.6 Å². The van der Waals surface area contributed by atoms with Crippen LogP contribution >= 0.6 is 0 Å². The van der Waals surface area contributed by atoms with Crippen LogP contribution in [0.2, 0.25) is 0 Å². The van der Waals surface area contributed by atoms with E-state index in [0.29, 0.717) is 18.8 Å². The van der Waals surface area contributed by atoms with Gasteiger partial charge in [0.25, 0.3) is 5.91 Å². The van der Waals surface area contributed by atoms with Crippen LogP contribution in [0.1, 0.15) is 25.8 Å². The summed E-state index contributed by atoms with van der Waals surface area (Å²) in [5.74, 6) is 1.34. The first-order valence-electron chi connectivity index (χ1n) is 7.89. The van der Waals surface area contributed by atoms with E-state index >= 15 is 0 Å². The molecule has 2 aromatic rings. The molecular weight excluding hydrogens is 290 g/mol. The second kappa shape index (κ2) is 8.22. The van der Waals surface area contributed by atoms with Crippen molar-refractivity contribution in [1.82, 2.24) is 0 Å². The van der Waals surface area contributed by atoms with Crippen molar-refractivity contribution >= 4 is 11.6 Å². The Hall–Kier alpha value is -2.49. The van der Waals surface area contributed by atoms with E-state index in [1.54, 1.807) is 0 Å². The largest absolute Gasteiger partial charge is 0.494 e. The number of benzene rings is 2. The van der Waals surface area contributed by atoms with Gasteiger partial charge in [-0.05, 0) is 62.2 Å². The van der Waals surface area contributed by atoms with Gasteiger partial charge in [0.2, 0.25) is 0 Å². The predicted octanol–water partition coefficient (Wildman–Crippen LogP) is 4.19. The third kappa shape index (κ3) is 5.02. The lowest BCUT2D eigenvalue weighted by Gasteiger charge is -2.17. The molecule has 0 aliphatic heterocycles. The van der Waals surface area contributed by atoms with Crippen molar-refractivity contribution in [3.05, 3.63) is 54.1 Å². The lowest BCUT2D eigenvalue weighted by Crippen LogP contribution is -2.32. The molecule has 4 heteroatoms. The third-order valence-corrected chi connectivity index (χ3v) is 3.36. The Morgan fingerprint density at radius 3 is 2.43 bits per heavy atom. The van der Waals surface area contributed by atoms with Gasteiger partial charge in [0.15, 0.2) is 6.10 Å². The fourth-order valence-electron chi connectivity index (χ4n) is 2.20. The fraction of sp³-hybridized carbons (Fsp3) is 0.316. The molecule has 0 saturated carbocycles. The quantitative estimate of drug-likeness (QED) is 0.833. The molecule has 0 aliphatic carbocycles. The number of anilines is 1. The highest BCUT2D eigenvalue weighted by molar-refractivity contribution is 5.94. The molecule has 122 valence electrons. The summed E-state index contributed by atoms with van der Waals surface area (Å²) < 4.78 is 11.2. The van der Waals surface area contributed by atoms with Crippen molar-refractivity contribution in [2.75, 3.05) is 11.9 Å². The van der Waals surface area contributed by atoms with Crippen LogP contribution < -0.4 is 14.8 Å². The molecule has 0 unspecified atom stereocenters. The van der Waals surface area contributed by atoms with Crippen molar-refractivity contribution in [2.45, 2.75) is 33.3 Å². The van der Waals surface area contributed by atoms with Gasteiger partial charge in [-0.15, -0.1) is 0 Å². The maximum atomic E-state index is 12.4. The van der Waals surface area contributed by atoms with Gasteiger partial charge in [0, 0.05) is 5.69 Å². The van der Waals surface area contributed by atoms with E-state index in [0.717, 1.165) is 17.0 Å². The summed E-state index contributed by atoms with van der Waals surface area (Å²) in [6, 6.07) is 15.0. The Kier molecular flexibility index (Phi) is 6.03. The number of amides is 1. The zero-order valence-electron chi connectivity index (χ0n) is 13.8. The zero-order valence-corrected chi connectivity index (χ0v) is 13.8. The van der Waals surface area contributed by atoms with Crippen LogP contribution in [0.5, 0.6) is 11.5 Å². The summed E-state index contributed by atoms with van der Waals surface area (Å²) in [6.45, 7) is 6.48. The molecule has 0 spiro atoms. The third-order valence-electron chi connectivity index (χ3n) is 3.36. The first kappa shape index (κ1) is 16.9. The van der Waals surface area contributed by atoms with Crippen molar-refractivity contribution < 1.29 is 14.3 Å². The highest BCUT2D eigenvalue weighted by Gasteiger charge is 2.18. The Balaban J connectivity index is 1.99. The molecule has 0 heterocycles. The molecular formula is C19H23NO3. The molecule has 4 nitrogen and oxygen atoms in total. The summed E-state index contributed by atoms with van der Waals surface area (Å²) >= 11 is 0. The molecule has 0 aromatic heterocycles. The van der Waals surface area contributed by atoms with Gasteiger partial charge in [0.05, 0.1) is 6.61 Å². The molecule has 1 atom stereocenters. The normalized spacial score (nSPS) is 11.6. The first-order valence-corrected chi connectivity index (χ1v) is 7.89. The van der Waals surface area contributed by atoms with E-state index in [1.807, 2.05) is 69.3 Å². The molecule has 23 heavy (non-hydrogen) atoms. The number of hydrogen-bond donors (Lipinski definition) is 1. The molecule has 1 amide bonds. The Labute approximate surface area is 137 Å². The SMILES string of the molecule is CCOc1ccc(NC(=O)[C@@H](CC)Oc2cccc(C)c2)cc1. The summed E-state index contributed by atoms with van der Waals surface area (Å²) in [4.78, 5) is 12.4. The van der Waals surface area contributed by atoms with E-state index in [9.17, 15) is 4.79 Å². The number of rotatable bonds is 7. The second-order valence-electron chi connectivity index (χ2n) is 5.28. The van der Waals surface area contributed by atoms with Crippen LogP contribution in [-0.4, -0.2) is 18.6 Å². The maximum absolute atomic E-state index is 12.4. The minimum atomic E-state index is -0.525. The van der Waals surface area contributed by atoms with Crippen molar-refractivity contribution in [3.63, 3.8) is 0 Å². The van der Waals surface area contributed by atoms with Crippen LogP contribution in [0.25, 0.3) is 0 Å². The molecule has 2 aromatic carbocycles. The monoisotopic (exact) mass is 313 g/mol. The highest BCUT2D eigenvalue weighted by atomic mass is 16.5. The molecule has 0 fully saturated rings. The summed E-state index contributed by atoms with van der Waals surface area (Å²) in [6.07, 6.45) is 0.0694. The minimum absolute atomic E-state index is 0.154. The summed E-state index contributed by atoms with van der Waals surface area (Å²) in [7, 11) is 0.